The third-order valence-electron chi connectivity index (χ3n) is 3.34. The van der Waals surface area contributed by atoms with E-state index in [2.05, 4.69) is 15.6 Å². The van der Waals surface area contributed by atoms with E-state index in [1.807, 2.05) is 0 Å². The molecule has 0 saturated carbocycles. The van der Waals surface area contributed by atoms with E-state index in [0.29, 0.717) is 24.1 Å². The molecule has 0 fully saturated rings. The SMILES string of the molecule is NC=C(C=C(C=O)NC(=O)c1ccc(NCN)cc1)c1ccncc1. The van der Waals surface area contributed by atoms with E-state index in [1.54, 1.807) is 48.8 Å². The van der Waals surface area contributed by atoms with Gasteiger partial charge in [0, 0.05) is 29.8 Å². The number of hydrogen-bond donors (Lipinski definition) is 4. The van der Waals surface area contributed by atoms with Gasteiger partial charge in [-0.3, -0.25) is 14.6 Å². The summed E-state index contributed by atoms with van der Waals surface area (Å²) in [5.74, 6) is -0.399. The number of carbonyl (C=O) groups is 2. The van der Waals surface area contributed by atoms with Crippen LogP contribution in [0.3, 0.4) is 0 Å². The lowest BCUT2D eigenvalue weighted by atomic mass is 10.1. The molecule has 0 bridgehead atoms. The van der Waals surface area contributed by atoms with Crippen LogP contribution < -0.4 is 22.1 Å². The number of benzene rings is 1. The van der Waals surface area contributed by atoms with E-state index in [9.17, 15) is 9.59 Å². The zero-order valence-corrected chi connectivity index (χ0v) is 13.5. The number of nitrogens with two attached hydrogens (primary N) is 2. The molecule has 2 rings (SSSR count). The Hall–Kier alpha value is -3.45. The molecule has 1 amide bonds. The number of aromatic nitrogens is 1. The van der Waals surface area contributed by atoms with Crippen LogP contribution in [0.25, 0.3) is 5.57 Å². The summed E-state index contributed by atoms with van der Waals surface area (Å²) in [4.78, 5) is 27.5. The number of pyridine rings is 1. The fourth-order valence-electron chi connectivity index (χ4n) is 2.10. The number of aldehydes is 1. The van der Waals surface area contributed by atoms with Crippen LogP contribution in [-0.2, 0) is 4.79 Å². The third kappa shape index (κ3) is 5.02. The van der Waals surface area contributed by atoms with Crippen molar-refractivity contribution >= 4 is 23.5 Å². The maximum Gasteiger partial charge on any atom is 0.255 e. The van der Waals surface area contributed by atoms with Gasteiger partial charge >= 0.3 is 0 Å². The Morgan fingerprint density at radius 2 is 1.76 bits per heavy atom. The zero-order valence-electron chi connectivity index (χ0n) is 13.5. The van der Waals surface area contributed by atoms with Gasteiger partial charge in [-0.25, -0.2) is 0 Å². The lowest BCUT2D eigenvalue weighted by molar-refractivity contribution is -0.105. The summed E-state index contributed by atoms with van der Waals surface area (Å²) >= 11 is 0. The second-order valence-electron chi connectivity index (χ2n) is 4.99. The van der Waals surface area contributed by atoms with Crippen LogP contribution >= 0.6 is 0 Å². The van der Waals surface area contributed by atoms with E-state index in [4.69, 9.17) is 11.5 Å². The summed E-state index contributed by atoms with van der Waals surface area (Å²) in [5.41, 5.74) is 13.7. The molecule has 0 unspecified atom stereocenters. The molecule has 128 valence electrons. The molecule has 0 atom stereocenters. The van der Waals surface area contributed by atoms with Crippen molar-refractivity contribution in [1.29, 1.82) is 0 Å². The number of rotatable bonds is 7. The van der Waals surface area contributed by atoms with E-state index < -0.39 is 5.91 Å². The maximum atomic E-state index is 12.3. The van der Waals surface area contributed by atoms with Crippen LogP contribution in [-0.4, -0.2) is 23.8 Å². The number of carbonyl (C=O) groups excluding carboxylic acids is 2. The minimum Gasteiger partial charge on any atom is -0.404 e. The molecule has 0 saturated heterocycles. The number of amides is 1. The van der Waals surface area contributed by atoms with Crippen molar-refractivity contribution < 1.29 is 9.59 Å². The summed E-state index contributed by atoms with van der Waals surface area (Å²) in [6, 6.07) is 10.2. The van der Waals surface area contributed by atoms with Gasteiger partial charge in [-0.05, 0) is 53.6 Å². The first kappa shape index (κ1) is 17.9. The first-order valence-corrected chi connectivity index (χ1v) is 7.52. The number of anilines is 1. The normalized spacial score (nSPS) is 11.7. The molecular formula is C18H19N5O2. The van der Waals surface area contributed by atoms with Gasteiger partial charge < -0.3 is 22.1 Å². The largest absolute Gasteiger partial charge is 0.404 e. The van der Waals surface area contributed by atoms with Gasteiger partial charge in [0.1, 0.15) is 0 Å². The Morgan fingerprint density at radius 1 is 1.08 bits per heavy atom. The second-order valence-corrected chi connectivity index (χ2v) is 4.99. The average molecular weight is 337 g/mol. The van der Waals surface area contributed by atoms with E-state index in [1.165, 1.54) is 12.3 Å². The van der Waals surface area contributed by atoms with E-state index in [0.717, 1.165) is 11.3 Å². The lowest BCUT2D eigenvalue weighted by Crippen LogP contribution is -2.23. The molecule has 1 aromatic carbocycles. The molecule has 0 aliphatic carbocycles. The highest BCUT2D eigenvalue weighted by Gasteiger charge is 2.08. The Labute approximate surface area is 145 Å². The van der Waals surface area contributed by atoms with Gasteiger partial charge in [-0.15, -0.1) is 0 Å². The van der Waals surface area contributed by atoms with Crippen LogP contribution in [0.4, 0.5) is 5.69 Å². The van der Waals surface area contributed by atoms with Crippen molar-refractivity contribution in [2.24, 2.45) is 11.5 Å². The van der Waals surface area contributed by atoms with Crippen molar-refractivity contribution in [3.63, 3.8) is 0 Å². The first-order valence-electron chi connectivity index (χ1n) is 7.52. The van der Waals surface area contributed by atoms with Crippen molar-refractivity contribution in [2.45, 2.75) is 0 Å². The molecule has 1 heterocycles. The van der Waals surface area contributed by atoms with Crippen molar-refractivity contribution in [1.82, 2.24) is 10.3 Å². The zero-order chi connectivity index (χ0) is 18.1. The lowest BCUT2D eigenvalue weighted by Gasteiger charge is -2.08. The van der Waals surface area contributed by atoms with Crippen molar-refractivity contribution in [2.75, 3.05) is 12.0 Å². The predicted octanol–water partition coefficient (Wildman–Crippen LogP) is 1.22. The molecular weight excluding hydrogens is 318 g/mol. The van der Waals surface area contributed by atoms with Gasteiger partial charge in [0.15, 0.2) is 6.29 Å². The summed E-state index contributed by atoms with van der Waals surface area (Å²) in [6.45, 7) is 0.298. The molecule has 7 nitrogen and oxygen atoms in total. The highest BCUT2D eigenvalue weighted by Crippen LogP contribution is 2.15. The Bertz CT molecular complexity index is 783. The fraction of sp³-hybridized carbons (Fsp3) is 0.0556. The molecule has 25 heavy (non-hydrogen) atoms. The van der Waals surface area contributed by atoms with Crippen LogP contribution in [0.15, 0.2) is 66.8 Å². The molecule has 7 heteroatoms. The average Bonchev–Trinajstić information content (AvgIpc) is 2.66. The number of nitrogens with one attached hydrogen (secondary N) is 2. The number of hydrogen-bond acceptors (Lipinski definition) is 6. The Balaban J connectivity index is 2.15. The monoisotopic (exact) mass is 337 g/mol. The van der Waals surface area contributed by atoms with Gasteiger partial charge in [0.2, 0.25) is 0 Å². The standard InChI is InChI=1S/C18H19N5O2/c19-10-15(13-5-7-21-8-6-13)9-17(11-24)23-18(25)14-1-3-16(4-2-14)22-12-20/h1-11,22H,12,19-20H2,(H,23,25). The summed E-state index contributed by atoms with van der Waals surface area (Å²) in [5, 5.41) is 5.50. The van der Waals surface area contributed by atoms with Gasteiger partial charge in [-0.1, -0.05) is 0 Å². The summed E-state index contributed by atoms with van der Waals surface area (Å²) in [6.07, 6.45) is 6.65. The fourth-order valence-corrected chi connectivity index (χ4v) is 2.10. The van der Waals surface area contributed by atoms with Crippen LogP contribution in [0.2, 0.25) is 0 Å². The number of nitrogens with zero attached hydrogens (tertiary/aromatic N) is 1. The van der Waals surface area contributed by atoms with Crippen LogP contribution in [0.5, 0.6) is 0 Å². The minimum atomic E-state index is -0.399. The predicted molar refractivity (Wildman–Crippen MR) is 97.1 cm³/mol. The van der Waals surface area contributed by atoms with Crippen molar-refractivity contribution in [3.8, 4) is 0 Å². The highest BCUT2D eigenvalue weighted by molar-refractivity contribution is 5.99. The minimum absolute atomic E-state index is 0.0997. The van der Waals surface area contributed by atoms with Gasteiger partial charge in [0.25, 0.3) is 5.91 Å². The molecule has 0 radical (unpaired) electrons. The van der Waals surface area contributed by atoms with Gasteiger partial charge in [0.05, 0.1) is 12.4 Å². The van der Waals surface area contributed by atoms with E-state index in [-0.39, 0.29) is 5.70 Å². The molecule has 0 aliphatic rings. The highest BCUT2D eigenvalue weighted by atomic mass is 16.2. The molecule has 0 spiro atoms. The quantitative estimate of drug-likeness (QED) is 0.261. The van der Waals surface area contributed by atoms with Crippen molar-refractivity contribution in [3.05, 3.63) is 77.9 Å². The number of allylic oxidation sites excluding steroid dienone is 3. The molecule has 2 aromatic rings. The van der Waals surface area contributed by atoms with Gasteiger partial charge in [-0.2, -0.15) is 0 Å². The molecule has 0 aliphatic heterocycles. The second kappa shape index (κ2) is 8.99. The first-order chi connectivity index (χ1) is 12.2. The Morgan fingerprint density at radius 3 is 2.32 bits per heavy atom. The smallest absolute Gasteiger partial charge is 0.255 e. The topological polar surface area (TPSA) is 123 Å². The molecule has 1 aromatic heterocycles. The summed E-state index contributed by atoms with van der Waals surface area (Å²) in [7, 11) is 0. The maximum absolute atomic E-state index is 12.3. The Kier molecular flexibility index (Phi) is 6.44. The third-order valence-corrected chi connectivity index (χ3v) is 3.34. The summed E-state index contributed by atoms with van der Waals surface area (Å²) < 4.78 is 0. The van der Waals surface area contributed by atoms with Crippen LogP contribution in [0.1, 0.15) is 15.9 Å². The molecule has 6 N–H and O–H groups in total. The van der Waals surface area contributed by atoms with Crippen LogP contribution in [0, 0.1) is 0 Å². The van der Waals surface area contributed by atoms with E-state index >= 15 is 0 Å².